The Morgan fingerprint density at radius 1 is 0.789 bits per heavy atom. The maximum absolute atomic E-state index is 6.94. The first-order valence-electron chi connectivity index (χ1n) is 7.98. The van der Waals surface area contributed by atoms with Crippen molar-refractivity contribution < 1.29 is 4.59 Å². The highest BCUT2D eigenvalue weighted by molar-refractivity contribution is 5.23. The van der Waals surface area contributed by atoms with E-state index in [4.69, 9.17) is 5.84 Å². The molecule has 2 fully saturated rings. The molecule has 2 heteroatoms. The molecule has 3 rings (SSSR count). The number of nitrogens with zero attached hydrogens (tertiary/aromatic N) is 1. The smallest absolute Gasteiger partial charge is 0.142 e. The average molecular weight is 259 g/mol. The van der Waals surface area contributed by atoms with Crippen molar-refractivity contribution in [3.63, 3.8) is 0 Å². The third-order valence-electron chi connectivity index (χ3n) is 5.46. The topological polar surface area (TPSA) is 26.0 Å². The van der Waals surface area contributed by atoms with Gasteiger partial charge in [0.2, 0.25) is 0 Å². The highest BCUT2D eigenvalue weighted by atomic mass is 15.6. The molecule has 0 unspecified atom stereocenters. The molecule has 0 bridgehead atoms. The molecule has 0 spiro atoms. The van der Waals surface area contributed by atoms with Crippen molar-refractivity contribution in [2.45, 2.75) is 56.9 Å². The van der Waals surface area contributed by atoms with Crippen molar-refractivity contribution in [2.24, 2.45) is 5.84 Å². The minimum Gasteiger partial charge on any atom is -0.240 e. The Hall–Kier alpha value is -0.860. The Kier molecular flexibility index (Phi) is 3.64. The van der Waals surface area contributed by atoms with E-state index in [-0.39, 0.29) is 5.54 Å². The molecule has 1 saturated heterocycles. The maximum Gasteiger partial charge on any atom is 0.142 e. The molecular weight excluding hydrogens is 232 g/mol. The standard InChI is InChI=1S/C17H27N2/c18-19(14-8-3-9-15-19)17(12-6-2-7-13-17)16-10-4-1-5-11-16/h1,4-5,10-11H,2-3,6-9,12-15,18H2/q+1. The van der Waals surface area contributed by atoms with Crippen LogP contribution in [0.3, 0.4) is 0 Å². The largest absolute Gasteiger partial charge is 0.240 e. The quantitative estimate of drug-likeness (QED) is 0.636. The molecule has 2 nitrogen and oxygen atoms in total. The second-order valence-electron chi connectivity index (χ2n) is 6.50. The molecule has 2 N–H and O–H groups in total. The van der Waals surface area contributed by atoms with Gasteiger partial charge in [-0.2, -0.15) is 5.84 Å². The first-order valence-corrected chi connectivity index (χ1v) is 7.98. The van der Waals surface area contributed by atoms with Crippen molar-refractivity contribution in [3.8, 4) is 0 Å². The van der Waals surface area contributed by atoms with E-state index in [0.29, 0.717) is 0 Å². The van der Waals surface area contributed by atoms with Gasteiger partial charge in [-0.15, -0.1) is 0 Å². The third-order valence-corrected chi connectivity index (χ3v) is 5.46. The molecular formula is C17H27N2+. The Bertz CT molecular complexity index is 401. The lowest BCUT2D eigenvalue weighted by Crippen LogP contribution is -2.69. The van der Waals surface area contributed by atoms with Crippen LogP contribution in [0.25, 0.3) is 0 Å². The molecule has 1 saturated carbocycles. The van der Waals surface area contributed by atoms with Gasteiger partial charge in [0.1, 0.15) is 5.54 Å². The van der Waals surface area contributed by atoms with Gasteiger partial charge in [-0.3, -0.25) is 0 Å². The number of benzene rings is 1. The van der Waals surface area contributed by atoms with E-state index in [2.05, 4.69) is 30.3 Å². The number of nitrogens with two attached hydrogens (primary N) is 1. The van der Waals surface area contributed by atoms with E-state index in [1.807, 2.05) is 0 Å². The minimum absolute atomic E-state index is 0.194. The van der Waals surface area contributed by atoms with Crippen LogP contribution in [0.4, 0.5) is 0 Å². The zero-order valence-electron chi connectivity index (χ0n) is 12.0. The number of rotatable bonds is 2. The molecule has 1 aliphatic carbocycles. The van der Waals surface area contributed by atoms with Gasteiger partial charge in [0.25, 0.3) is 0 Å². The van der Waals surface area contributed by atoms with Crippen molar-refractivity contribution in [2.75, 3.05) is 13.1 Å². The number of hydrogen-bond donors (Lipinski definition) is 1. The summed E-state index contributed by atoms with van der Waals surface area (Å²) in [6.07, 6.45) is 10.6. The lowest BCUT2D eigenvalue weighted by molar-refractivity contribution is -1.00. The number of hydrogen-bond acceptors (Lipinski definition) is 1. The molecule has 1 aliphatic heterocycles. The number of piperidine rings is 1. The fourth-order valence-corrected chi connectivity index (χ4v) is 4.38. The lowest BCUT2D eigenvalue weighted by Gasteiger charge is -2.53. The molecule has 1 aromatic carbocycles. The van der Waals surface area contributed by atoms with Crippen molar-refractivity contribution >= 4 is 0 Å². The summed E-state index contributed by atoms with van der Waals surface area (Å²) < 4.78 is 0.803. The first-order chi connectivity index (χ1) is 9.27. The second kappa shape index (κ2) is 5.26. The van der Waals surface area contributed by atoms with Crippen molar-refractivity contribution in [1.82, 2.24) is 0 Å². The van der Waals surface area contributed by atoms with Gasteiger partial charge >= 0.3 is 0 Å². The minimum atomic E-state index is 0.194. The van der Waals surface area contributed by atoms with Gasteiger partial charge in [0.15, 0.2) is 0 Å². The van der Waals surface area contributed by atoms with Crippen LogP contribution < -0.4 is 5.84 Å². The molecule has 0 radical (unpaired) electrons. The summed E-state index contributed by atoms with van der Waals surface area (Å²) in [7, 11) is 0. The Balaban J connectivity index is 2.01. The van der Waals surface area contributed by atoms with Crippen LogP contribution in [0, 0.1) is 0 Å². The zero-order chi connectivity index (χ0) is 13.2. The van der Waals surface area contributed by atoms with Gasteiger partial charge in [0, 0.05) is 18.4 Å². The SMILES string of the molecule is N[N+]1(C2(c3ccccc3)CCCCC2)CCCCC1. The van der Waals surface area contributed by atoms with E-state index in [9.17, 15) is 0 Å². The van der Waals surface area contributed by atoms with Gasteiger partial charge in [-0.05, 0) is 32.1 Å². The number of quaternary nitrogens is 1. The Morgan fingerprint density at radius 2 is 1.37 bits per heavy atom. The maximum atomic E-state index is 6.94. The highest BCUT2D eigenvalue weighted by Crippen LogP contribution is 2.46. The van der Waals surface area contributed by atoms with Crippen LogP contribution in [-0.4, -0.2) is 17.7 Å². The highest BCUT2D eigenvalue weighted by Gasteiger charge is 2.51. The fourth-order valence-electron chi connectivity index (χ4n) is 4.38. The molecule has 0 aromatic heterocycles. The molecule has 0 amide bonds. The summed E-state index contributed by atoms with van der Waals surface area (Å²) in [5, 5.41) is 0. The summed E-state index contributed by atoms with van der Waals surface area (Å²) >= 11 is 0. The summed E-state index contributed by atoms with van der Waals surface area (Å²) in [6, 6.07) is 11.1. The summed E-state index contributed by atoms with van der Waals surface area (Å²) in [5.41, 5.74) is 1.68. The van der Waals surface area contributed by atoms with Crippen LogP contribution in [-0.2, 0) is 5.54 Å². The van der Waals surface area contributed by atoms with Crippen LogP contribution >= 0.6 is 0 Å². The van der Waals surface area contributed by atoms with Crippen LogP contribution in [0.2, 0.25) is 0 Å². The van der Waals surface area contributed by atoms with Crippen LogP contribution in [0.1, 0.15) is 56.9 Å². The molecule has 2 aliphatic rings. The first kappa shape index (κ1) is 13.1. The van der Waals surface area contributed by atoms with Gasteiger partial charge in [0.05, 0.1) is 13.1 Å². The summed E-state index contributed by atoms with van der Waals surface area (Å²) in [6.45, 7) is 2.32. The predicted molar refractivity (Wildman–Crippen MR) is 79.2 cm³/mol. The summed E-state index contributed by atoms with van der Waals surface area (Å²) in [4.78, 5) is 0. The third kappa shape index (κ3) is 2.21. The van der Waals surface area contributed by atoms with Gasteiger partial charge < -0.3 is 0 Å². The van der Waals surface area contributed by atoms with Crippen molar-refractivity contribution in [3.05, 3.63) is 35.9 Å². The molecule has 19 heavy (non-hydrogen) atoms. The van der Waals surface area contributed by atoms with Crippen LogP contribution in [0.5, 0.6) is 0 Å². The molecule has 0 atom stereocenters. The molecule has 104 valence electrons. The van der Waals surface area contributed by atoms with E-state index < -0.39 is 0 Å². The Labute approximate surface area is 117 Å². The summed E-state index contributed by atoms with van der Waals surface area (Å²) in [5.74, 6) is 6.94. The second-order valence-corrected chi connectivity index (χ2v) is 6.50. The van der Waals surface area contributed by atoms with E-state index in [1.54, 1.807) is 0 Å². The van der Waals surface area contributed by atoms with Gasteiger partial charge in [-0.1, -0.05) is 36.8 Å². The average Bonchev–Trinajstić information content (AvgIpc) is 2.49. The van der Waals surface area contributed by atoms with E-state index in [0.717, 1.165) is 17.7 Å². The molecule has 1 heterocycles. The van der Waals surface area contributed by atoms with Crippen LogP contribution in [0.15, 0.2) is 30.3 Å². The normalized spacial score (nSPS) is 25.9. The van der Waals surface area contributed by atoms with E-state index in [1.165, 1.54) is 56.9 Å². The predicted octanol–water partition coefficient (Wildman–Crippen LogP) is 3.72. The van der Waals surface area contributed by atoms with Gasteiger partial charge in [-0.25, -0.2) is 4.59 Å². The zero-order valence-corrected chi connectivity index (χ0v) is 12.0. The fraction of sp³-hybridized carbons (Fsp3) is 0.647. The van der Waals surface area contributed by atoms with E-state index >= 15 is 0 Å². The monoisotopic (exact) mass is 259 g/mol. The number of likely N-dealkylation sites (tertiary alicyclic amines) is 1. The lowest BCUT2D eigenvalue weighted by atomic mass is 9.73. The Morgan fingerprint density at radius 3 is 2.00 bits per heavy atom. The van der Waals surface area contributed by atoms with Crippen molar-refractivity contribution in [1.29, 1.82) is 0 Å². The molecule has 1 aromatic rings.